The highest BCUT2D eigenvalue weighted by Gasteiger charge is 2.19. The van der Waals surface area contributed by atoms with Crippen LogP contribution < -0.4 is 9.47 Å². The van der Waals surface area contributed by atoms with E-state index in [2.05, 4.69) is 56.3 Å². The van der Waals surface area contributed by atoms with Gasteiger partial charge in [0, 0.05) is 11.6 Å². The third-order valence-corrected chi connectivity index (χ3v) is 10.3. The van der Waals surface area contributed by atoms with Gasteiger partial charge in [0.15, 0.2) is 11.6 Å². The van der Waals surface area contributed by atoms with E-state index < -0.39 is 0 Å². The normalized spacial score (nSPS) is 11.4. The van der Waals surface area contributed by atoms with Crippen molar-refractivity contribution in [2.45, 2.75) is 142 Å². The number of fused-ring (bicyclic) bond motifs is 2. The van der Waals surface area contributed by atoms with Gasteiger partial charge in [-0.05, 0) is 52.6 Å². The zero-order valence-electron chi connectivity index (χ0n) is 32.6. The van der Waals surface area contributed by atoms with Crippen molar-refractivity contribution < 1.29 is 14.6 Å². The maximum atomic E-state index is 11.3. The third-order valence-electron chi connectivity index (χ3n) is 10.3. The number of aromatic nitrogens is 3. The Hall–Kier alpha value is -4.19. The van der Waals surface area contributed by atoms with Crippen molar-refractivity contribution >= 4 is 21.5 Å². The van der Waals surface area contributed by atoms with E-state index in [-0.39, 0.29) is 11.8 Å². The Balaban J connectivity index is 1.26. The summed E-state index contributed by atoms with van der Waals surface area (Å²) in [6.07, 6.45) is 25.4. The number of nitrogens with zero attached hydrogens (tertiary/aromatic N) is 3. The van der Waals surface area contributed by atoms with Crippen molar-refractivity contribution in [3.63, 3.8) is 0 Å². The molecule has 1 heterocycles. The molecule has 0 unspecified atom stereocenters. The van der Waals surface area contributed by atoms with Crippen molar-refractivity contribution in [1.82, 2.24) is 15.0 Å². The van der Waals surface area contributed by atoms with Crippen LogP contribution in [0.3, 0.4) is 0 Å². The third kappa shape index (κ3) is 12.7. The molecule has 0 fully saturated rings. The Bertz CT molecular complexity index is 1750. The van der Waals surface area contributed by atoms with Gasteiger partial charge in [-0.15, -0.1) is 0 Å². The number of ether oxygens (including phenoxy) is 2. The fraction of sp³-hybridized carbons (Fsp3) is 0.511. The average molecular weight is 718 g/mol. The Morgan fingerprint density at radius 1 is 0.472 bits per heavy atom. The van der Waals surface area contributed by atoms with E-state index in [1.807, 2.05) is 24.3 Å². The van der Waals surface area contributed by atoms with Gasteiger partial charge in [0.05, 0.1) is 18.8 Å². The van der Waals surface area contributed by atoms with Crippen LogP contribution in [0.4, 0.5) is 0 Å². The minimum atomic E-state index is 0.0751. The highest BCUT2D eigenvalue weighted by atomic mass is 16.5. The summed E-state index contributed by atoms with van der Waals surface area (Å²) in [6.45, 7) is 5.70. The number of hydrogen-bond acceptors (Lipinski definition) is 6. The lowest BCUT2D eigenvalue weighted by atomic mass is 9.96. The van der Waals surface area contributed by atoms with Crippen LogP contribution in [-0.2, 0) is 0 Å². The molecule has 1 N–H and O–H groups in total. The van der Waals surface area contributed by atoms with Crippen LogP contribution in [0, 0.1) is 0 Å². The summed E-state index contributed by atoms with van der Waals surface area (Å²) in [4.78, 5) is 14.6. The van der Waals surface area contributed by atoms with Crippen LogP contribution in [-0.4, -0.2) is 33.3 Å². The predicted molar refractivity (Wildman–Crippen MR) is 222 cm³/mol. The lowest BCUT2D eigenvalue weighted by Crippen LogP contribution is -2.06. The SMILES string of the molecule is CCCCCCCCCCCCOc1ccc(-c2nc(OCCCCCCCCCCCC)nc(-c3c4ccccc4cc4ccccc34)n2)c(O)c1. The lowest BCUT2D eigenvalue weighted by molar-refractivity contribution is 0.281. The highest BCUT2D eigenvalue weighted by Crippen LogP contribution is 2.37. The number of phenolic OH excluding ortho intramolecular Hbond substituents is 1. The molecule has 1 aromatic heterocycles. The van der Waals surface area contributed by atoms with Crippen molar-refractivity contribution in [1.29, 1.82) is 0 Å². The van der Waals surface area contributed by atoms with Gasteiger partial charge in [0.2, 0.25) is 0 Å². The minimum absolute atomic E-state index is 0.0751. The highest BCUT2D eigenvalue weighted by molar-refractivity contribution is 6.11. The van der Waals surface area contributed by atoms with Gasteiger partial charge in [-0.3, -0.25) is 0 Å². The molecule has 5 rings (SSSR count). The first kappa shape index (κ1) is 40.0. The minimum Gasteiger partial charge on any atom is -0.507 e. The largest absolute Gasteiger partial charge is 0.507 e. The summed E-state index contributed by atoms with van der Waals surface area (Å²) in [6, 6.07) is 24.6. The molecular weight excluding hydrogens is 655 g/mol. The smallest absolute Gasteiger partial charge is 0.320 e. The number of aromatic hydroxyl groups is 1. The first-order valence-electron chi connectivity index (χ1n) is 20.9. The number of hydrogen-bond donors (Lipinski definition) is 1. The van der Waals surface area contributed by atoms with E-state index in [4.69, 9.17) is 24.4 Å². The summed E-state index contributed by atoms with van der Waals surface area (Å²) >= 11 is 0. The van der Waals surface area contributed by atoms with Crippen LogP contribution in [0.2, 0.25) is 0 Å². The average Bonchev–Trinajstić information content (AvgIpc) is 3.18. The lowest BCUT2D eigenvalue weighted by Gasteiger charge is -2.14. The first-order valence-corrected chi connectivity index (χ1v) is 20.9. The quantitative estimate of drug-likeness (QED) is 0.0453. The fourth-order valence-corrected chi connectivity index (χ4v) is 7.23. The maximum absolute atomic E-state index is 11.3. The Kier molecular flexibility index (Phi) is 17.2. The van der Waals surface area contributed by atoms with E-state index >= 15 is 0 Å². The first-order chi connectivity index (χ1) is 26.2. The van der Waals surface area contributed by atoms with Gasteiger partial charge in [-0.25, -0.2) is 4.98 Å². The maximum Gasteiger partial charge on any atom is 0.320 e. The predicted octanol–water partition coefficient (Wildman–Crippen LogP) is 13.8. The van der Waals surface area contributed by atoms with Crippen LogP contribution >= 0.6 is 0 Å². The van der Waals surface area contributed by atoms with Crippen LogP contribution in [0.15, 0.2) is 72.8 Å². The second-order valence-corrected chi connectivity index (χ2v) is 14.7. The molecule has 0 bridgehead atoms. The van der Waals surface area contributed by atoms with Crippen LogP contribution in [0.25, 0.3) is 44.3 Å². The van der Waals surface area contributed by atoms with E-state index in [1.165, 1.54) is 103 Å². The number of benzene rings is 4. The van der Waals surface area contributed by atoms with Gasteiger partial charge in [-0.1, -0.05) is 178 Å². The number of unbranched alkanes of at least 4 members (excludes halogenated alkanes) is 18. The summed E-state index contributed by atoms with van der Waals surface area (Å²) in [7, 11) is 0. The van der Waals surface area contributed by atoms with E-state index in [1.54, 1.807) is 6.07 Å². The fourth-order valence-electron chi connectivity index (χ4n) is 7.23. The molecule has 0 amide bonds. The van der Waals surface area contributed by atoms with Gasteiger partial charge >= 0.3 is 6.01 Å². The molecule has 6 nitrogen and oxygen atoms in total. The van der Waals surface area contributed by atoms with E-state index in [9.17, 15) is 5.11 Å². The Morgan fingerprint density at radius 3 is 1.47 bits per heavy atom. The monoisotopic (exact) mass is 717 g/mol. The molecule has 0 aliphatic carbocycles. The summed E-state index contributed by atoms with van der Waals surface area (Å²) < 4.78 is 12.3. The van der Waals surface area contributed by atoms with Crippen LogP contribution in [0.1, 0.15) is 142 Å². The molecule has 0 aliphatic heterocycles. The molecule has 5 aromatic rings. The second-order valence-electron chi connectivity index (χ2n) is 14.7. The van der Waals surface area contributed by atoms with E-state index in [0.29, 0.717) is 36.2 Å². The molecule has 0 spiro atoms. The van der Waals surface area contributed by atoms with Crippen molar-refractivity contribution in [3.8, 4) is 40.3 Å². The second kappa shape index (κ2) is 22.8. The van der Waals surface area contributed by atoms with Gasteiger partial charge < -0.3 is 14.6 Å². The molecule has 0 saturated carbocycles. The number of phenols is 1. The molecule has 4 aromatic carbocycles. The van der Waals surface area contributed by atoms with Crippen molar-refractivity contribution in [2.24, 2.45) is 0 Å². The zero-order chi connectivity index (χ0) is 36.9. The summed E-state index contributed by atoms with van der Waals surface area (Å²) in [5, 5.41) is 15.6. The molecule has 0 atom stereocenters. The molecule has 53 heavy (non-hydrogen) atoms. The molecule has 0 aliphatic rings. The standard InChI is InChI=1S/C47H63N3O3/c1-3-5-7-9-11-13-15-17-19-25-33-52-39-31-32-42(43(51)36-39)45-48-46(44-40-29-23-21-27-37(40)35-38-28-22-24-30-41(38)44)50-47(49-45)53-34-26-20-18-16-14-12-10-8-6-4-2/h21-24,27-32,35-36,51H,3-20,25-26,33-34H2,1-2H3. The van der Waals surface area contributed by atoms with Gasteiger partial charge in [0.25, 0.3) is 0 Å². The number of rotatable bonds is 26. The van der Waals surface area contributed by atoms with Gasteiger partial charge in [-0.2, -0.15) is 9.97 Å². The Morgan fingerprint density at radius 2 is 0.943 bits per heavy atom. The molecular formula is C47H63N3O3. The van der Waals surface area contributed by atoms with E-state index in [0.717, 1.165) is 52.8 Å². The summed E-state index contributed by atoms with van der Waals surface area (Å²) in [5.74, 6) is 1.63. The Labute approximate surface area is 318 Å². The summed E-state index contributed by atoms with van der Waals surface area (Å²) in [5.41, 5.74) is 1.45. The van der Waals surface area contributed by atoms with Gasteiger partial charge in [0.1, 0.15) is 11.5 Å². The molecule has 0 radical (unpaired) electrons. The molecule has 284 valence electrons. The zero-order valence-corrected chi connectivity index (χ0v) is 32.6. The molecule has 6 heteroatoms. The molecule has 0 saturated heterocycles. The topological polar surface area (TPSA) is 77.4 Å². The van der Waals surface area contributed by atoms with Crippen molar-refractivity contribution in [3.05, 3.63) is 72.8 Å². The van der Waals surface area contributed by atoms with Crippen molar-refractivity contribution in [2.75, 3.05) is 13.2 Å². The van der Waals surface area contributed by atoms with Crippen LogP contribution in [0.5, 0.6) is 17.5 Å².